The average molecular weight is 707 g/mol. The van der Waals surface area contributed by atoms with Crippen LogP contribution in [0, 0.1) is 33.5 Å². The van der Waals surface area contributed by atoms with Crippen molar-refractivity contribution in [2.24, 2.45) is 33.5 Å². The van der Waals surface area contributed by atoms with Crippen LogP contribution in [0.15, 0.2) is 95.9 Å². The Morgan fingerprint density at radius 2 is 1.65 bits per heavy atom. The molecule has 3 saturated carbocycles. The van der Waals surface area contributed by atoms with Crippen LogP contribution in [0.3, 0.4) is 0 Å². The first-order valence-electron chi connectivity index (χ1n) is 18.6. The number of methoxy groups -OCH3 is 1. The third kappa shape index (κ3) is 5.19. The largest absolute Gasteiger partial charge is 0.497 e. The van der Waals surface area contributed by atoms with Gasteiger partial charge < -0.3 is 25.2 Å². The lowest BCUT2D eigenvalue weighted by Crippen LogP contribution is -2.67. The summed E-state index contributed by atoms with van der Waals surface area (Å²) in [5, 5.41) is 29.2. The number of rotatable bonds is 9. The maximum Gasteiger partial charge on any atom is 0.321 e. The van der Waals surface area contributed by atoms with E-state index in [0.717, 1.165) is 43.4 Å². The van der Waals surface area contributed by atoms with Crippen molar-refractivity contribution in [1.29, 1.82) is 0 Å². The summed E-state index contributed by atoms with van der Waals surface area (Å²) in [6.07, 6.45) is 12.5. The minimum atomic E-state index is -1.15. The second kappa shape index (κ2) is 12.5. The van der Waals surface area contributed by atoms with Gasteiger partial charge in [0.2, 0.25) is 0 Å². The van der Waals surface area contributed by atoms with Crippen LogP contribution >= 0.6 is 11.3 Å². The number of amides is 2. The molecule has 268 valence electrons. The van der Waals surface area contributed by atoms with Gasteiger partial charge in [0.15, 0.2) is 5.78 Å². The maximum atomic E-state index is 14.9. The van der Waals surface area contributed by atoms with Gasteiger partial charge in [-0.2, -0.15) is 0 Å². The zero-order valence-electron chi connectivity index (χ0n) is 29.9. The molecule has 3 fully saturated rings. The molecular formula is C43H50N2O5S. The number of ketones is 1. The summed E-state index contributed by atoms with van der Waals surface area (Å²) < 4.78 is 5.41. The molecular weight excluding hydrogens is 657 g/mol. The number of Topliss-reactive ketones (excluding diaryl/α,β-unsaturated/α-hetero) is 1. The highest BCUT2D eigenvalue weighted by atomic mass is 32.1. The number of aliphatic hydroxyl groups excluding tert-OH is 1. The minimum Gasteiger partial charge on any atom is -0.497 e. The normalized spacial score (nSPS) is 36.0. The van der Waals surface area contributed by atoms with E-state index in [2.05, 4.69) is 48.8 Å². The van der Waals surface area contributed by atoms with E-state index in [4.69, 9.17) is 4.74 Å². The standard InChI is InChI=1S/C43H50N2O5S/c1-39-19-15-31(46)26-41(39)22-23-43(34(27-41)37(47)29-11-13-32(50-3)14-12-29)35(39)16-20-40(2)36(43)17-21-42(40,49)28-45(24-18-33-10-7-25-51-33)38(48)44-30-8-5-4-6-9-30/h4-14,22-23,25,27,31,35-36,46,49H,15-21,24,26,28H2,1-3H3,(H,44,48)/t31?,35-,36-,39-,40+,41+,42-,43-/m1/s1. The summed E-state index contributed by atoms with van der Waals surface area (Å²) in [5.41, 5.74) is -0.614. The van der Waals surface area contributed by atoms with Crippen molar-refractivity contribution < 1.29 is 24.5 Å². The van der Waals surface area contributed by atoms with Crippen molar-refractivity contribution in [2.75, 3.05) is 25.5 Å². The number of carbonyl (C=O) groups excluding carboxylic acids is 2. The Balaban J connectivity index is 1.17. The second-order valence-electron chi connectivity index (χ2n) is 16.4. The van der Waals surface area contributed by atoms with Gasteiger partial charge in [-0.05, 0) is 116 Å². The van der Waals surface area contributed by atoms with Gasteiger partial charge in [0.1, 0.15) is 5.75 Å². The fraction of sp³-hybridized carbons (Fsp3) is 0.488. The Kier molecular flexibility index (Phi) is 8.39. The molecule has 1 unspecified atom stereocenters. The predicted molar refractivity (Wildman–Crippen MR) is 201 cm³/mol. The molecule has 6 aliphatic rings. The van der Waals surface area contributed by atoms with Crippen LogP contribution in [0.25, 0.3) is 0 Å². The molecule has 7 nitrogen and oxygen atoms in total. The van der Waals surface area contributed by atoms with E-state index in [1.165, 1.54) is 4.88 Å². The molecule has 9 rings (SSSR count). The number of benzene rings is 2. The molecule has 2 amide bonds. The fourth-order valence-electron chi connectivity index (χ4n) is 11.5. The topological polar surface area (TPSA) is 99.1 Å². The number of aliphatic hydroxyl groups is 2. The molecule has 1 aromatic heterocycles. The summed E-state index contributed by atoms with van der Waals surface area (Å²) in [6.45, 7) is 5.33. The highest BCUT2D eigenvalue weighted by Crippen LogP contribution is 2.78. The number of para-hydroxylation sites is 1. The molecule has 0 aliphatic heterocycles. The molecule has 8 atom stereocenters. The Morgan fingerprint density at radius 1 is 0.922 bits per heavy atom. The van der Waals surface area contributed by atoms with Crippen LogP contribution in [-0.4, -0.2) is 58.8 Å². The summed E-state index contributed by atoms with van der Waals surface area (Å²) in [4.78, 5) is 31.9. The number of nitrogens with one attached hydrogen (secondary N) is 1. The SMILES string of the molecule is COc1ccc(C(=O)C2=C[C@@]34C=C[C@@]25[C@@H]2CC[C@@](O)(CN(CCc6cccs6)C(=O)Nc6ccccc6)[C@@]2(C)CC[C@@H]5[C@@]3(C)CCC(O)C4)cc1. The Morgan fingerprint density at radius 3 is 2.37 bits per heavy atom. The first-order valence-corrected chi connectivity index (χ1v) is 19.5. The third-order valence-electron chi connectivity index (χ3n) is 14.3. The van der Waals surface area contributed by atoms with Gasteiger partial charge in [0.25, 0.3) is 0 Å². The quantitative estimate of drug-likeness (QED) is 0.154. The number of carbonyl (C=O) groups is 2. The number of hydrogen-bond donors (Lipinski definition) is 3. The van der Waals surface area contributed by atoms with E-state index in [9.17, 15) is 19.8 Å². The lowest BCUT2D eigenvalue weighted by Gasteiger charge is -2.71. The number of allylic oxidation sites excluding steroid dienone is 4. The number of nitrogens with zero attached hydrogens (tertiary/aromatic N) is 1. The van der Waals surface area contributed by atoms with E-state index in [1.54, 1.807) is 18.4 Å². The van der Waals surface area contributed by atoms with Crippen LogP contribution in [0.2, 0.25) is 0 Å². The molecule has 8 heteroatoms. The Bertz CT molecular complexity index is 1860. The Hall–Kier alpha value is -3.72. The van der Waals surface area contributed by atoms with Crippen molar-refractivity contribution in [1.82, 2.24) is 4.90 Å². The molecule has 1 heterocycles. The van der Waals surface area contributed by atoms with Gasteiger partial charge >= 0.3 is 6.03 Å². The smallest absolute Gasteiger partial charge is 0.321 e. The van der Waals surface area contributed by atoms with Crippen LogP contribution in [0.1, 0.15) is 74.0 Å². The van der Waals surface area contributed by atoms with Gasteiger partial charge in [0.05, 0.1) is 25.4 Å². The molecule has 6 aliphatic carbocycles. The number of ether oxygens (including phenoxy) is 1. The highest BCUT2D eigenvalue weighted by Gasteiger charge is 2.74. The zero-order valence-corrected chi connectivity index (χ0v) is 30.8. The van der Waals surface area contributed by atoms with E-state index < -0.39 is 27.9 Å². The van der Waals surface area contributed by atoms with Gasteiger partial charge in [-0.15, -0.1) is 11.3 Å². The molecule has 3 N–H and O–H groups in total. The molecule has 2 spiro atoms. The lowest BCUT2D eigenvalue weighted by molar-refractivity contribution is -0.174. The van der Waals surface area contributed by atoms with Crippen molar-refractivity contribution in [3.05, 3.63) is 106 Å². The lowest BCUT2D eigenvalue weighted by atomic mass is 9.32. The first kappa shape index (κ1) is 34.4. The van der Waals surface area contributed by atoms with Crippen molar-refractivity contribution in [2.45, 2.75) is 76.9 Å². The first-order chi connectivity index (χ1) is 24.5. The van der Waals surface area contributed by atoms with Crippen LogP contribution < -0.4 is 10.1 Å². The Labute approximate surface area is 305 Å². The van der Waals surface area contributed by atoms with Gasteiger partial charge in [-0.25, -0.2) is 4.79 Å². The number of hydrogen-bond acceptors (Lipinski definition) is 6. The second-order valence-corrected chi connectivity index (χ2v) is 17.4. The van der Waals surface area contributed by atoms with E-state index in [-0.39, 0.29) is 35.6 Å². The number of thiophene rings is 1. The van der Waals surface area contributed by atoms with E-state index in [0.29, 0.717) is 37.1 Å². The predicted octanol–water partition coefficient (Wildman–Crippen LogP) is 8.31. The van der Waals surface area contributed by atoms with E-state index >= 15 is 0 Å². The van der Waals surface area contributed by atoms with Gasteiger partial charge in [0, 0.05) is 44.5 Å². The number of fused-ring (bicyclic) bond motifs is 1. The molecule has 3 aromatic rings. The van der Waals surface area contributed by atoms with Crippen LogP contribution in [0.4, 0.5) is 10.5 Å². The average Bonchev–Trinajstić information content (AvgIpc) is 3.75. The zero-order chi connectivity index (χ0) is 35.6. The highest BCUT2D eigenvalue weighted by molar-refractivity contribution is 7.09. The van der Waals surface area contributed by atoms with Crippen LogP contribution in [-0.2, 0) is 6.42 Å². The van der Waals surface area contributed by atoms with Gasteiger partial charge in [-0.3, -0.25) is 4.79 Å². The molecule has 0 saturated heterocycles. The molecule has 2 aromatic carbocycles. The number of urea groups is 1. The van der Waals surface area contributed by atoms with E-state index in [1.807, 2.05) is 65.6 Å². The summed E-state index contributed by atoms with van der Waals surface area (Å²) in [5.74, 6) is 0.917. The van der Waals surface area contributed by atoms with Crippen molar-refractivity contribution >= 4 is 28.8 Å². The van der Waals surface area contributed by atoms with Crippen molar-refractivity contribution in [3.8, 4) is 5.75 Å². The third-order valence-corrected chi connectivity index (χ3v) is 15.2. The molecule has 0 radical (unpaired) electrons. The summed E-state index contributed by atoms with van der Waals surface area (Å²) in [7, 11) is 1.63. The molecule has 51 heavy (non-hydrogen) atoms. The maximum absolute atomic E-state index is 14.9. The van der Waals surface area contributed by atoms with Crippen LogP contribution in [0.5, 0.6) is 5.75 Å². The van der Waals surface area contributed by atoms with Gasteiger partial charge in [-0.1, -0.05) is 56.3 Å². The summed E-state index contributed by atoms with van der Waals surface area (Å²) >= 11 is 1.68. The fourth-order valence-corrected chi connectivity index (χ4v) is 12.2. The van der Waals surface area contributed by atoms with Crippen molar-refractivity contribution in [3.63, 3.8) is 0 Å². The monoisotopic (exact) mass is 706 g/mol. The molecule has 2 bridgehead atoms. The number of anilines is 1. The summed E-state index contributed by atoms with van der Waals surface area (Å²) in [6, 6.07) is 20.8. The minimum absolute atomic E-state index is 0.00301.